The van der Waals surface area contributed by atoms with Gasteiger partial charge in [-0.3, -0.25) is 14.4 Å². The fourth-order valence-electron chi connectivity index (χ4n) is 8.40. The van der Waals surface area contributed by atoms with Crippen LogP contribution in [-0.4, -0.2) is 37.6 Å². The smallest absolute Gasteiger partial charge is 0.325 e. The van der Waals surface area contributed by atoms with E-state index in [1.807, 2.05) is 6.92 Å². The maximum atomic E-state index is 12.8. The summed E-state index contributed by atoms with van der Waals surface area (Å²) in [6, 6.07) is 0. The molecule has 0 aromatic rings. The molecule has 6 heteroatoms. The highest BCUT2D eigenvalue weighted by atomic mass is 16.5. The van der Waals surface area contributed by atoms with Crippen LogP contribution in [0.3, 0.4) is 0 Å². The van der Waals surface area contributed by atoms with Crippen molar-refractivity contribution in [3.63, 3.8) is 0 Å². The van der Waals surface area contributed by atoms with E-state index in [2.05, 4.69) is 30.0 Å². The topological polar surface area (TPSA) is 81.7 Å². The largest absolute Gasteiger partial charge is 0.468 e. The molecule has 0 bridgehead atoms. The number of carbonyl (C=O) groups excluding carboxylic acids is 3. The summed E-state index contributed by atoms with van der Waals surface area (Å²) >= 11 is 0. The molecule has 4 aliphatic rings. The predicted octanol–water partition coefficient (Wildman–Crippen LogP) is 4.42. The molecule has 6 nitrogen and oxygen atoms in total. The second-order valence-corrected chi connectivity index (χ2v) is 11.5. The normalized spacial score (nSPS) is 40.4. The number of hydrogen-bond donors (Lipinski definition) is 1. The number of esters is 2. The lowest BCUT2D eigenvalue weighted by molar-refractivity contribution is -0.148. The molecule has 1 amide bonds. The van der Waals surface area contributed by atoms with Crippen LogP contribution in [0.2, 0.25) is 0 Å². The first-order valence-corrected chi connectivity index (χ1v) is 12.8. The zero-order chi connectivity index (χ0) is 24.0. The van der Waals surface area contributed by atoms with E-state index < -0.39 is 5.97 Å². The lowest BCUT2D eigenvalue weighted by Gasteiger charge is -2.58. The molecule has 8 atom stereocenters. The number of hydrogen-bond acceptors (Lipinski definition) is 5. The lowest BCUT2D eigenvalue weighted by Crippen LogP contribution is -2.51. The van der Waals surface area contributed by atoms with Crippen LogP contribution in [0.1, 0.15) is 79.1 Å². The van der Waals surface area contributed by atoms with Crippen molar-refractivity contribution in [1.82, 2.24) is 5.32 Å². The number of fused-ring (bicyclic) bond motifs is 5. The highest BCUT2D eigenvalue weighted by Gasteiger charge is 2.59. The Morgan fingerprint density at radius 1 is 1.12 bits per heavy atom. The molecule has 0 radical (unpaired) electrons. The average Bonchev–Trinajstić information content (AvgIpc) is 3.13. The van der Waals surface area contributed by atoms with Crippen molar-refractivity contribution in [2.75, 3.05) is 13.7 Å². The Morgan fingerprint density at radius 3 is 2.58 bits per heavy atom. The monoisotopic (exact) mass is 459 g/mol. The van der Waals surface area contributed by atoms with E-state index in [0.29, 0.717) is 23.7 Å². The number of ether oxygens (including phenoxy) is 2. The van der Waals surface area contributed by atoms with Gasteiger partial charge in [0.15, 0.2) is 0 Å². The minimum Gasteiger partial charge on any atom is -0.468 e. The van der Waals surface area contributed by atoms with Gasteiger partial charge in [0.2, 0.25) is 5.91 Å². The molecule has 3 fully saturated rings. The predicted molar refractivity (Wildman–Crippen MR) is 125 cm³/mol. The molecule has 33 heavy (non-hydrogen) atoms. The molecule has 0 aromatic carbocycles. The Kier molecular flexibility index (Phi) is 6.67. The van der Waals surface area contributed by atoms with Gasteiger partial charge in [-0.2, -0.15) is 0 Å². The molecule has 0 spiro atoms. The van der Waals surface area contributed by atoms with Gasteiger partial charge >= 0.3 is 11.9 Å². The van der Waals surface area contributed by atoms with E-state index in [4.69, 9.17) is 4.74 Å². The van der Waals surface area contributed by atoms with Crippen LogP contribution in [0.4, 0.5) is 0 Å². The zero-order valence-electron chi connectivity index (χ0n) is 20.9. The fourth-order valence-corrected chi connectivity index (χ4v) is 8.40. The number of methoxy groups -OCH3 is 1. The van der Waals surface area contributed by atoms with Gasteiger partial charge in [0, 0.05) is 19.3 Å². The van der Waals surface area contributed by atoms with Crippen molar-refractivity contribution in [3.8, 4) is 0 Å². The molecule has 0 saturated heterocycles. The first-order chi connectivity index (χ1) is 15.6. The highest BCUT2D eigenvalue weighted by molar-refractivity contribution is 5.83. The first kappa shape index (κ1) is 24.3. The van der Waals surface area contributed by atoms with Gasteiger partial charge in [0.1, 0.15) is 12.6 Å². The molecule has 4 aliphatic carbocycles. The third-order valence-corrected chi connectivity index (χ3v) is 10.1. The van der Waals surface area contributed by atoms with Crippen molar-refractivity contribution in [3.05, 3.63) is 11.6 Å². The molecule has 3 saturated carbocycles. The number of rotatable bonds is 5. The van der Waals surface area contributed by atoms with Gasteiger partial charge < -0.3 is 14.8 Å². The van der Waals surface area contributed by atoms with Crippen LogP contribution in [0, 0.1) is 40.4 Å². The minimum absolute atomic E-state index is 0.0315. The van der Waals surface area contributed by atoms with E-state index in [1.165, 1.54) is 32.4 Å². The van der Waals surface area contributed by atoms with Gasteiger partial charge in [-0.05, 0) is 79.4 Å². The maximum Gasteiger partial charge on any atom is 0.325 e. The second kappa shape index (κ2) is 9.07. The van der Waals surface area contributed by atoms with E-state index in [9.17, 15) is 14.4 Å². The van der Waals surface area contributed by atoms with Gasteiger partial charge in [-0.25, -0.2) is 0 Å². The summed E-state index contributed by atoms with van der Waals surface area (Å²) in [4.78, 5) is 35.8. The minimum atomic E-state index is -0.409. The summed E-state index contributed by atoms with van der Waals surface area (Å²) in [6.45, 7) is 8.37. The van der Waals surface area contributed by atoms with Crippen LogP contribution < -0.4 is 5.32 Å². The fraction of sp³-hybridized carbons (Fsp3) is 0.815. The Bertz CT molecular complexity index is 836. The van der Waals surface area contributed by atoms with Crippen LogP contribution in [-0.2, 0) is 23.9 Å². The molecular formula is C27H41NO5. The molecule has 184 valence electrons. The third-order valence-electron chi connectivity index (χ3n) is 10.1. The van der Waals surface area contributed by atoms with Crippen molar-refractivity contribution < 1.29 is 23.9 Å². The average molecular weight is 460 g/mol. The second-order valence-electron chi connectivity index (χ2n) is 11.5. The first-order valence-electron chi connectivity index (χ1n) is 12.8. The van der Waals surface area contributed by atoms with Gasteiger partial charge in [0.25, 0.3) is 0 Å². The van der Waals surface area contributed by atoms with Crippen molar-refractivity contribution >= 4 is 17.8 Å². The standard InChI is InChI=1S/C27H41NO5/c1-16(25(31)28-15-24(30)32-5)21-8-9-22-20-7-6-18-14-19(33-17(2)29)10-12-26(18,3)23(20)11-13-27(21,22)4/h6,16,19-23H,7-15H2,1-5H3,(H,28,31)/t16-,19-,20-,21+,22-,23-,26-,27+/m0/s1. The van der Waals surface area contributed by atoms with E-state index >= 15 is 0 Å². The Morgan fingerprint density at radius 2 is 1.88 bits per heavy atom. The number of allylic oxidation sites excluding steroid dienone is 1. The lowest BCUT2D eigenvalue weighted by atomic mass is 9.47. The van der Waals surface area contributed by atoms with E-state index in [1.54, 1.807) is 0 Å². The number of nitrogens with one attached hydrogen (secondary N) is 1. The van der Waals surface area contributed by atoms with Crippen molar-refractivity contribution in [2.45, 2.75) is 85.2 Å². The summed E-state index contributed by atoms with van der Waals surface area (Å²) < 4.78 is 10.2. The van der Waals surface area contributed by atoms with Gasteiger partial charge in [0.05, 0.1) is 7.11 Å². The van der Waals surface area contributed by atoms with Gasteiger partial charge in [-0.1, -0.05) is 32.4 Å². The quantitative estimate of drug-likeness (QED) is 0.486. The van der Waals surface area contributed by atoms with Gasteiger partial charge in [-0.15, -0.1) is 0 Å². The highest BCUT2D eigenvalue weighted by Crippen LogP contribution is 2.67. The Hall–Kier alpha value is -1.85. The van der Waals surface area contributed by atoms with Crippen LogP contribution in [0.15, 0.2) is 11.6 Å². The summed E-state index contributed by atoms with van der Waals surface area (Å²) in [5.74, 6) is 1.61. The van der Waals surface area contributed by atoms with E-state index in [0.717, 1.165) is 38.5 Å². The molecule has 4 rings (SSSR count). The molecule has 0 heterocycles. The summed E-state index contributed by atoms with van der Waals surface area (Å²) in [5, 5.41) is 2.78. The van der Waals surface area contributed by atoms with Crippen molar-refractivity contribution in [2.24, 2.45) is 40.4 Å². The number of carbonyl (C=O) groups is 3. The number of amides is 1. The summed E-state index contributed by atoms with van der Waals surface area (Å²) in [7, 11) is 1.34. The molecule has 0 aromatic heterocycles. The molecule has 0 aliphatic heterocycles. The Balaban J connectivity index is 1.48. The maximum absolute atomic E-state index is 12.8. The summed E-state index contributed by atoms with van der Waals surface area (Å²) in [6.07, 6.45) is 11.2. The Labute approximate surface area is 198 Å². The molecule has 0 unspecified atom stereocenters. The molecule has 1 N–H and O–H groups in total. The summed E-state index contributed by atoms with van der Waals surface area (Å²) in [5.41, 5.74) is 1.89. The molecular weight excluding hydrogens is 418 g/mol. The van der Waals surface area contributed by atoms with Crippen LogP contribution >= 0.6 is 0 Å². The zero-order valence-corrected chi connectivity index (χ0v) is 20.9. The van der Waals surface area contributed by atoms with Crippen molar-refractivity contribution in [1.29, 1.82) is 0 Å². The third kappa shape index (κ3) is 4.23. The van der Waals surface area contributed by atoms with E-state index in [-0.39, 0.29) is 41.3 Å². The SMILES string of the molecule is COC(=O)CNC(=O)[C@@H](C)[C@H]1CC[C@H]2[C@@H]3CC=C4C[C@@H](OC(C)=O)CC[C@]4(C)[C@H]3CC[C@]12C. The van der Waals surface area contributed by atoms with Crippen LogP contribution in [0.25, 0.3) is 0 Å². The van der Waals surface area contributed by atoms with Crippen LogP contribution in [0.5, 0.6) is 0 Å².